The van der Waals surface area contributed by atoms with Crippen molar-refractivity contribution in [2.45, 2.75) is 56.6 Å². The Morgan fingerprint density at radius 3 is 2.57 bits per heavy atom. The standard InChI is InChI=1S/C23H30ClN7O5S/c1-14(18-9-5-6-11-36-18)31-22(17-8-7-10-19(27-17)34-3)28-29-23(31)30-37(32,33)15(2)20(35-4)21-25-12-16(24)13-26-21/h7-8,10,12-15,18,20H,5-6,9,11H2,1-4H3,(H,29,30)/t14-,15+,18+,20+/m1/s1. The van der Waals surface area contributed by atoms with Gasteiger partial charge in [-0.05, 0) is 39.2 Å². The van der Waals surface area contributed by atoms with Crippen LogP contribution in [0.2, 0.25) is 5.02 Å². The molecule has 0 saturated carbocycles. The summed E-state index contributed by atoms with van der Waals surface area (Å²) in [6.07, 6.45) is 4.49. The molecule has 4 atom stereocenters. The number of rotatable bonds is 10. The maximum Gasteiger partial charge on any atom is 0.240 e. The third kappa shape index (κ3) is 6.00. The number of hydrogen-bond donors (Lipinski definition) is 1. The monoisotopic (exact) mass is 551 g/mol. The van der Waals surface area contributed by atoms with Gasteiger partial charge in [-0.1, -0.05) is 17.7 Å². The largest absolute Gasteiger partial charge is 0.481 e. The van der Waals surface area contributed by atoms with Gasteiger partial charge in [-0.2, -0.15) is 0 Å². The first kappa shape index (κ1) is 27.2. The Kier molecular flexibility index (Phi) is 8.57. The quantitative estimate of drug-likeness (QED) is 0.398. The molecule has 0 aliphatic carbocycles. The van der Waals surface area contributed by atoms with Crippen LogP contribution in [-0.2, 0) is 19.5 Å². The van der Waals surface area contributed by atoms with E-state index in [1.54, 1.807) is 22.8 Å². The van der Waals surface area contributed by atoms with Gasteiger partial charge in [0.05, 0.1) is 24.3 Å². The summed E-state index contributed by atoms with van der Waals surface area (Å²) in [6, 6.07) is 4.97. The van der Waals surface area contributed by atoms with Crippen LogP contribution < -0.4 is 9.46 Å². The van der Waals surface area contributed by atoms with E-state index >= 15 is 0 Å². The van der Waals surface area contributed by atoms with Crippen molar-refractivity contribution in [2.75, 3.05) is 25.5 Å². The van der Waals surface area contributed by atoms with Gasteiger partial charge in [-0.25, -0.2) is 23.4 Å². The Labute approximate surface area is 220 Å². The highest BCUT2D eigenvalue weighted by Crippen LogP contribution is 2.32. The third-order valence-corrected chi connectivity index (χ3v) is 8.20. The van der Waals surface area contributed by atoms with E-state index in [0.717, 1.165) is 19.3 Å². The molecule has 200 valence electrons. The highest BCUT2D eigenvalue weighted by molar-refractivity contribution is 7.93. The third-order valence-electron chi connectivity index (χ3n) is 6.32. The molecule has 14 heteroatoms. The summed E-state index contributed by atoms with van der Waals surface area (Å²) in [4.78, 5) is 12.7. The van der Waals surface area contributed by atoms with Crippen LogP contribution in [0.25, 0.3) is 11.5 Å². The summed E-state index contributed by atoms with van der Waals surface area (Å²) in [5.74, 6) is 1.02. The highest BCUT2D eigenvalue weighted by atomic mass is 35.5. The van der Waals surface area contributed by atoms with Crippen LogP contribution in [0, 0.1) is 0 Å². The molecule has 12 nitrogen and oxygen atoms in total. The molecule has 1 aliphatic heterocycles. The molecular formula is C23H30ClN7O5S. The van der Waals surface area contributed by atoms with Crippen molar-refractivity contribution in [3.63, 3.8) is 0 Å². The van der Waals surface area contributed by atoms with Crippen LogP contribution >= 0.6 is 11.6 Å². The Hall–Kier alpha value is -2.87. The van der Waals surface area contributed by atoms with Gasteiger partial charge < -0.3 is 14.2 Å². The van der Waals surface area contributed by atoms with E-state index in [2.05, 4.69) is 29.9 Å². The van der Waals surface area contributed by atoms with Crippen LogP contribution in [0.5, 0.6) is 5.88 Å². The van der Waals surface area contributed by atoms with Crippen molar-refractivity contribution in [1.29, 1.82) is 0 Å². The van der Waals surface area contributed by atoms with E-state index in [9.17, 15) is 8.42 Å². The lowest BCUT2D eigenvalue weighted by atomic mass is 10.0. The highest BCUT2D eigenvalue weighted by Gasteiger charge is 2.36. The lowest BCUT2D eigenvalue weighted by molar-refractivity contribution is -0.0116. The van der Waals surface area contributed by atoms with E-state index < -0.39 is 21.4 Å². The molecule has 1 N–H and O–H groups in total. The molecule has 1 aliphatic rings. The van der Waals surface area contributed by atoms with E-state index in [4.69, 9.17) is 25.8 Å². The molecule has 1 fully saturated rings. The predicted molar refractivity (Wildman–Crippen MR) is 137 cm³/mol. The topological polar surface area (TPSA) is 143 Å². The molecule has 0 spiro atoms. The van der Waals surface area contributed by atoms with E-state index in [1.807, 2.05) is 6.92 Å². The maximum atomic E-state index is 13.5. The molecule has 4 rings (SSSR count). The molecule has 37 heavy (non-hydrogen) atoms. The van der Waals surface area contributed by atoms with Crippen molar-refractivity contribution in [1.82, 2.24) is 29.7 Å². The van der Waals surface area contributed by atoms with Gasteiger partial charge in [0.25, 0.3) is 0 Å². The fraction of sp³-hybridized carbons (Fsp3) is 0.522. The minimum atomic E-state index is -4.05. The number of nitrogens with one attached hydrogen (secondary N) is 1. The van der Waals surface area contributed by atoms with Crippen molar-refractivity contribution >= 4 is 27.6 Å². The van der Waals surface area contributed by atoms with Crippen LogP contribution in [0.3, 0.4) is 0 Å². The summed E-state index contributed by atoms with van der Waals surface area (Å²) in [7, 11) is -1.13. The first-order valence-corrected chi connectivity index (χ1v) is 13.8. The average molecular weight is 552 g/mol. The number of pyridine rings is 1. The van der Waals surface area contributed by atoms with Gasteiger partial charge in [0.2, 0.25) is 21.9 Å². The molecular weight excluding hydrogens is 522 g/mol. The summed E-state index contributed by atoms with van der Waals surface area (Å²) in [5.41, 5.74) is 0.484. The molecule has 0 unspecified atom stereocenters. The van der Waals surface area contributed by atoms with Crippen LogP contribution in [0.1, 0.15) is 51.1 Å². The number of aromatic nitrogens is 6. The van der Waals surface area contributed by atoms with Gasteiger partial charge in [-0.3, -0.25) is 9.29 Å². The molecule has 0 radical (unpaired) electrons. The zero-order chi connectivity index (χ0) is 26.6. The fourth-order valence-electron chi connectivity index (χ4n) is 4.25. The van der Waals surface area contributed by atoms with Crippen LogP contribution in [-0.4, -0.2) is 70.3 Å². The number of sulfonamides is 1. The maximum absolute atomic E-state index is 13.5. The average Bonchev–Trinajstić information content (AvgIpc) is 3.32. The Morgan fingerprint density at radius 1 is 1.16 bits per heavy atom. The minimum absolute atomic E-state index is 0.0417. The molecule has 4 heterocycles. The van der Waals surface area contributed by atoms with Crippen LogP contribution in [0.15, 0.2) is 30.6 Å². The first-order valence-electron chi connectivity index (χ1n) is 11.8. The number of nitrogens with zero attached hydrogens (tertiary/aromatic N) is 6. The second-order valence-electron chi connectivity index (χ2n) is 8.70. The van der Waals surface area contributed by atoms with Gasteiger partial charge in [0, 0.05) is 32.2 Å². The molecule has 0 bridgehead atoms. The van der Waals surface area contributed by atoms with E-state index in [-0.39, 0.29) is 23.9 Å². The first-order chi connectivity index (χ1) is 17.7. The lowest BCUT2D eigenvalue weighted by Gasteiger charge is -2.30. The number of hydrogen-bond acceptors (Lipinski definition) is 10. The molecule has 1 saturated heterocycles. The summed E-state index contributed by atoms with van der Waals surface area (Å²) in [5, 5.41) is 7.75. The second-order valence-corrected chi connectivity index (χ2v) is 11.2. The molecule has 0 aromatic carbocycles. The van der Waals surface area contributed by atoms with Crippen LogP contribution in [0.4, 0.5) is 5.95 Å². The van der Waals surface area contributed by atoms with Gasteiger partial charge in [-0.15, -0.1) is 10.2 Å². The second kappa shape index (κ2) is 11.7. The number of anilines is 1. The number of methoxy groups -OCH3 is 2. The van der Waals surface area contributed by atoms with Crippen molar-refractivity contribution < 1.29 is 22.6 Å². The lowest BCUT2D eigenvalue weighted by Crippen LogP contribution is -2.35. The number of halogens is 1. The zero-order valence-corrected chi connectivity index (χ0v) is 22.6. The van der Waals surface area contributed by atoms with Crippen molar-refractivity contribution in [3.05, 3.63) is 41.4 Å². The Bertz CT molecular complexity index is 1300. The zero-order valence-electron chi connectivity index (χ0n) is 21.0. The Morgan fingerprint density at radius 2 is 1.92 bits per heavy atom. The molecule has 0 amide bonds. The van der Waals surface area contributed by atoms with E-state index in [1.165, 1.54) is 33.5 Å². The smallest absolute Gasteiger partial charge is 0.240 e. The van der Waals surface area contributed by atoms with Gasteiger partial charge >= 0.3 is 0 Å². The normalized spacial score (nSPS) is 18.7. The van der Waals surface area contributed by atoms with Crippen molar-refractivity contribution in [2.24, 2.45) is 0 Å². The van der Waals surface area contributed by atoms with Crippen molar-refractivity contribution in [3.8, 4) is 17.4 Å². The Balaban J connectivity index is 1.70. The molecule has 3 aromatic heterocycles. The summed E-state index contributed by atoms with van der Waals surface area (Å²) < 4.78 is 48.1. The van der Waals surface area contributed by atoms with E-state index in [0.29, 0.717) is 29.0 Å². The predicted octanol–water partition coefficient (Wildman–Crippen LogP) is 3.44. The van der Waals surface area contributed by atoms with Gasteiger partial charge in [0.1, 0.15) is 17.0 Å². The molecule has 3 aromatic rings. The fourth-order valence-corrected chi connectivity index (χ4v) is 5.48. The number of ether oxygens (including phenoxy) is 3. The summed E-state index contributed by atoms with van der Waals surface area (Å²) in [6.45, 7) is 4.09. The SMILES string of the molecule is COc1cccc(-c2nnc(NS(=O)(=O)[C@@H](C)[C@H](OC)c3ncc(Cl)cn3)n2[C@H](C)[C@@H]2CCCCO2)n1. The minimum Gasteiger partial charge on any atom is -0.481 e. The summed E-state index contributed by atoms with van der Waals surface area (Å²) >= 11 is 5.88. The van der Waals surface area contributed by atoms with Gasteiger partial charge in [0.15, 0.2) is 11.6 Å².